The molecule has 0 radical (unpaired) electrons. The van der Waals surface area contributed by atoms with Crippen molar-refractivity contribution in [1.29, 1.82) is 0 Å². The average molecular weight is 269 g/mol. The number of benzene rings is 2. The van der Waals surface area contributed by atoms with Crippen molar-refractivity contribution in [3.05, 3.63) is 65.2 Å². The van der Waals surface area contributed by atoms with Crippen LogP contribution in [0.15, 0.2) is 48.5 Å². The van der Waals surface area contributed by atoms with Crippen LogP contribution in [0.3, 0.4) is 0 Å². The van der Waals surface area contributed by atoms with Crippen LogP contribution in [0.1, 0.15) is 26.3 Å². The van der Waals surface area contributed by atoms with Crippen LogP contribution in [0.25, 0.3) is 0 Å². The van der Waals surface area contributed by atoms with Crippen LogP contribution in [0.5, 0.6) is 0 Å². The van der Waals surface area contributed by atoms with Crippen molar-refractivity contribution in [2.24, 2.45) is 11.5 Å². The van der Waals surface area contributed by atoms with Crippen molar-refractivity contribution in [2.45, 2.75) is 6.54 Å². The van der Waals surface area contributed by atoms with Crippen LogP contribution in [0, 0.1) is 0 Å². The van der Waals surface area contributed by atoms with Crippen molar-refractivity contribution in [1.82, 2.24) is 0 Å². The molecule has 0 heterocycles. The van der Waals surface area contributed by atoms with Crippen LogP contribution >= 0.6 is 0 Å². The first-order valence-corrected chi connectivity index (χ1v) is 6.11. The molecule has 0 aliphatic carbocycles. The fourth-order valence-corrected chi connectivity index (χ4v) is 1.92. The summed E-state index contributed by atoms with van der Waals surface area (Å²) in [7, 11) is 0. The van der Waals surface area contributed by atoms with Gasteiger partial charge in [-0.1, -0.05) is 30.3 Å². The molecule has 0 aromatic heterocycles. The van der Waals surface area contributed by atoms with E-state index in [1.165, 1.54) is 0 Å². The maximum absolute atomic E-state index is 12.2. The molecule has 0 saturated heterocycles. The zero-order valence-corrected chi connectivity index (χ0v) is 10.8. The molecule has 0 atom stereocenters. The molecular formula is C15H15N3O2. The normalized spacial score (nSPS) is 10.1. The Morgan fingerprint density at radius 3 is 2.20 bits per heavy atom. The van der Waals surface area contributed by atoms with E-state index in [9.17, 15) is 9.59 Å². The molecule has 2 aromatic rings. The molecule has 20 heavy (non-hydrogen) atoms. The monoisotopic (exact) mass is 269 g/mol. The highest BCUT2D eigenvalue weighted by molar-refractivity contribution is 6.09. The molecule has 5 N–H and O–H groups in total. The Kier molecular flexibility index (Phi) is 4.12. The Labute approximate surface area is 116 Å². The Morgan fingerprint density at radius 2 is 1.55 bits per heavy atom. The second-order valence-corrected chi connectivity index (χ2v) is 4.23. The van der Waals surface area contributed by atoms with E-state index in [4.69, 9.17) is 11.5 Å². The van der Waals surface area contributed by atoms with Crippen molar-refractivity contribution in [3.63, 3.8) is 0 Å². The van der Waals surface area contributed by atoms with E-state index < -0.39 is 5.91 Å². The Balaban J connectivity index is 2.31. The van der Waals surface area contributed by atoms with Gasteiger partial charge in [-0.2, -0.15) is 0 Å². The summed E-state index contributed by atoms with van der Waals surface area (Å²) >= 11 is 0. The summed E-state index contributed by atoms with van der Waals surface area (Å²) in [5.74, 6) is -0.909. The van der Waals surface area contributed by atoms with Crippen LogP contribution in [-0.4, -0.2) is 11.8 Å². The minimum Gasteiger partial charge on any atom is -0.366 e. The lowest BCUT2D eigenvalue weighted by Crippen LogP contribution is -2.19. The summed E-state index contributed by atoms with van der Waals surface area (Å²) in [5.41, 5.74) is 12.8. The number of carbonyl (C=O) groups is 2. The summed E-state index contributed by atoms with van der Waals surface area (Å²) in [6, 6.07) is 13.6. The van der Waals surface area contributed by atoms with Crippen LogP contribution in [-0.2, 0) is 6.54 Å². The zero-order chi connectivity index (χ0) is 14.5. The first-order valence-electron chi connectivity index (χ1n) is 6.11. The third kappa shape index (κ3) is 2.84. The van der Waals surface area contributed by atoms with Crippen molar-refractivity contribution < 1.29 is 9.59 Å². The van der Waals surface area contributed by atoms with Gasteiger partial charge in [0.1, 0.15) is 0 Å². The molecule has 0 unspecified atom stereocenters. The Hall–Kier alpha value is -2.66. The van der Waals surface area contributed by atoms with Gasteiger partial charge in [0.05, 0.1) is 11.3 Å². The van der Waals surface area contributed by atoms with Gasteiger partial charge in [0.2, 0.25) is 0 Å². The van der Waals surface area contributed by atoms with Crippen molar-refractivity contribution in [2.75, 3.05) is 5.32 Å². The summed E-state index contributed by atoms with van der Waals surface area (Å²) in [5, 5.41) is 2.69. The molecule has 0 aliphatic heterocycles. The standard InChI is InChI=1S/C15H15N3O2/c16-9-10-5-1-2-6-11(10)15(20)18-13-8-4-3-7-12(13)14(17)19/h1-8H,9,16H2,(H2,17,19)(H,18,20). The van der Waals surface area contributed by atoms with Crippen LogP contribution in [0.2, 0.25) is 0 Å². The molecule has 0 saturated carbocycles. The quantitative estimate of drug-likeness (QED) is 0.784. The second-order valence-electron chi connectivity index (χ2n) is 4.23. The highest BCUT2D eigenvalue weighted by Gasteiger charge is 2.13. The van der Waals surface area contributed by atoms with E-state index in [1.54, 1.807) is 42.5 Å². The van der Waals surface area contributed by atoms with Crippen LogP contribution < -0.4 is 16.8 Å². The van der Waals surface area contributed by atoms with Crippen molar-refractivity contribution in [3.8, 4) is 0 Å². The number of amides is 2. The number of hydrogen-bond acceptors (Lipinski definition) is 3. The molecule has 2 amide bonds. The predicted octanol–water partition coefficient (Wildman–Crippen LogP) is 1.50. The lowest BCUT2D eigenvalue weighted by atomic mass is 10.1. The number of nitrogens with two attached hydrogens (primary N) is 2. The maximum Gasteiger partial charge on any atom is 0.256 e. The van der Waals surface area contributed by atoms with Gasteiger partial charge >= 0.3 is 0 Å². The summed E-state index contributed by atoms with van der Waals surface area (Å²) in [4.78, 5) is 23.6. The van der Waals surface area contributed by atoms with E-state index in [1.807, 2.05) is 6.07 Å². The highest BCUT2D eigenvalue weighted by Crippen LogP contribution is 2.17. The zero-order valence-electron chi connectivity index (χ0n) is 10.8. The van der Waals surface area contributed by atoms with E-state index >= 15 is 0 Å². The lowest BCUT2D eigenvalue weighted by Gasteiger charge is -2.11. The number of para-hydroxylation sites is 1. The highest BCUT2D eigenvalue weighted by atomic mass is 16.2. The van der Waals surface area contributed by atoms with Crippen molar-refractivity contribution >= 4 is 17.5 Å². The number of primary amides is 1. The maximum atomic E-state index is 12.2. The third-order valence-corrected chi connectivity index (χ3v) is 2.92. The molecule has 2 aromatic carbocycles. The molecule has 0 aliphatic rings. The van der Waals surface area contributed by atoms with Crippen LogP contribution in [0.4, 0.5) is 5.69 Å². The molecule has 5 nitrogen and oxygen atoms in total. The van der Waals surface area contributed by atoms with E-state index in [0.29, 0.717) is 11.3 Å². The fourth-order valence-electron chi connectivity index (χ4n) is 1.92. The van der Waals surface area contributed by atoms with Gasteiger partial charge in [-0.15, -0.1) is 0 Å². The Bertz CT molecular complexity index is 653. The lowest BCUT2D eigenvalue weighted by molar-refractivity contribution is 0.100. The minimum absolute atomic E-state index is 0.265. The Morgan fingerprint density at radius 1 is 0.950 bits per heavy atom. The van der Waals surface area contributed by atoms with Gasteiger partial charge < -0.3 is 16.8 Å². The van der Waals surface area contributed by atoms with E-state index in [2.05, 4.69) is 5.32 Å². The van der Waals surface area contributed by atoms with E-state index in [-0.39, 0.29) is 18.0 Å². The fraction of sp³-hybridized carbons (Fsp3) is 0.0667. The molecule has 0 fully saturated rings. The van der Waals surface area contributed by atoms with Gasteiger partial charge in [-0.25, -0.2) is 0 Å². The van der Waals surface area contributed by atoms with Gasteiger partial charge in [0, 0.05) is 12.1 Å². The number of nitrogens with one attached hydrogen (secondary N) is 1. The number of rotatable bonds is 4. The first kappa shape index (κ1) is 13.8. The molecule has 0 bridgehead atoms. The smallest absolute Gasteiger partial charge is 0.256 e. The number of carbonyl (C=O) groups excluding carboxylic acids is 2. The molecule has 5 heteroatoms. The molecular weight excluding hydrogens is 254 g/mol. The second kappa shape index (κ2) is 5.99. The summed E-state index contributed by atoms with van der Waals surface area (Å²) < 4.78 is 0. The molecule has 102 valence electrons. The van der Waals surface area contributed by atoms with E-state index in [0.717, 1.165) is 5.56 Å². The summed E-state index contributed by atoms with van der Waals surface area (Å²) in [6.45, 7) is 0.265. The van der Waals surface area contributed by atoms with Gasteiger partial charge in [0.15, 0.2) is 0 Å². The van der Waals surface area contributed by atoms with Gasteiger partial charge in [-0.3, -0.25) is 9.59 Å². The summed E-state index contributed by atoms with van der Waals surface area (Å²) in [6.07, 6.45) is 0. The predicted molar refractivity (Wildman–Crippen MR) is 77.2 cm³/mol. The molecule has 0 spiro atoms. The number of hydrogen-bond donors (Lipinski definition) is 3. The van der Waals surface area contributed by atoms with Gasteiger partial charge in [-0.05, 0) is 23.8 Å². The number of anilines is 1. The largest absolute Gasteiger partial charge is 0.366 e. The SMILES string of the molecule is NCc1ccccc1C(=O)Nc1ccccc1C(N)=O. The molecule has 2 rings (SSSR count). The third-order valence-electron chi connectivity index (χ3n) is 2.92. The van der Waals surface area contributed by atoms with Gasteiger partial charge in [0.25, 0.3) is 11.8 Å². The topological polar surface area (TPSA) is 98.2 Å². The minimum atomic E-state index is -0.590. The average Bonchev–Trinajstić information content (AvgIpc) is 2.47. The first-order chi connectivity index (χ1) is 9.63.